The molecule has 0 spiro atoms. The minimum atomic E-state index is -0.359. The van der Waals surface area contributed by atoms with E-state index in [0.29, 0.717) is 30.6 Å². The Bertz CT molecular complexity index is 1400. The van der Waals surface area contributed by atoms with Crippen molar-refractivity contribution in [2.24, 2.45) is 0 Å². The van der Waals surface area contributed by atoms with E-state index in [9.17, 15) is 14.4 Å². The lowest BCUT2D eigenvalue weighted by atomic mass is 10.0. The van der Waals surface area contributed by atoms with Gasteiger partial charge in [-0.25, -0.2) is 4.68 Å². The van der Waals surface area contributed by atoms with Gasteiger partial charge in [-0.3, -0.25) is 19.3 Å². The van der Waals surface area contributed by atoms with Gasteiger partial charge < -0.3 is 4.90 Å². The molecule has 2 heterocycles. The molecule has 0 radical (unpaired) electrons. The number of hydrogen-bond donors (Lipinski definition) is 0. The molecule has 5 rings (SSSR count). The van der Waals surface area contributed by atoms with Crippen molar-refractivity contribution in [3.63, 3.8) is 0 Å². The molecule has 0 saturated heterocycles. The van der Waals surface area contributed by atoms with Gasteiger partial charge in [0.2, 0.25) is 0 Å². The predicted molar refractivity (Wildman–Crippen MR) is 131 cm³/mol. The lowest BCUT2D eigenvalue weighted by molar-refractivity contribution is 0.0655. The van der Waals surface area contributed by atoms with Crippen molar-refractivity contribution in [3.8, 4) is 5.69 Å². The molecular formula is C28H24N4O3. The number of para-hydroxylation sites is 1. The average molecular weight is 465 g/mol. The van der Waals surface area contributed by atoms with Gasteiger partial charge in [-0.1, -0.05) is 48.5 Å². The molecule has 1 aromatic heterocycles. The Morgan fingerprint density at radius 3 is 2.29 bits per heavy atom. The van der Waals surface area contributed by atoms with Crippen molar-refractivity contribution in [2.45, 2.75) is 13.0 Å². The lowest BCUT2D eigenvalue weighted by Gasteiger charge is -2.16. The molecule has 0 N–H and O–H groups in total. The van der Waals surface area contributed by atoms with Crippen molar-refractivity contribution in [3.05, 3.63) is 119 Å². The molecule has 0 atom stereocenters. The number of benzene rings is 3. The molecule has 0 fully saturated rings. The Morgan fingerprint density at radius 1 is 0.857 bits per heavy atom. The van der Waals surface area contributed by atoms with Gasteiger partial charge in [0.15, 0.2) is 0 Å². The van der Waals surface area contributed by atoms with E-state index < -0.39 is 0 Å². The Hall–Kier alpha value is -4.52. The van der Waals surface area contributed by atoms with Crippen LogP contribution in [-0.4, -0.2) is 50.9 Å². The second kappa shape index (κ2) is 9.38. The Labute approximate surface area is 203 Å². The van der Waals surface area contributed by atoms with Crippen molar-refractivity contribution in [1.82, 2.24) is 19.6 Å². The van der Waals surface area contributed by atoms with Crippen LogP contribution in [0.2, 0.25) is 0 Å². The summed E-state index contributed by atoms with van der Waals surface area (Å²) in [5.74, 6) is -0.910. The summed E-state index contributed by atoms with van der Waals surface area (Å²) in [5, 5.41) is 4.38. The highest BCUT2D eigenvalue weighted by molar-refractivity contribution is 6.22. The first-order valence-electron chi connectivity index (χ1n) is 11.4. The number of rotatable bonds is 7. The van der Waals surface area contributed by atoms with Crippen molar-refractivity contribution in [1.29, 1.82) is 0 Å². The standard InChI is InChI=1S/C28H24N4O3/c1-30(18-21-17-29-32(19-21)23-10-6-3-7-11-23)26(33)22-12-13-24-25(16-22)28(35)31(27(24)34)15-14-20-8-4-2-5-9-20/h2-13,16-17,19H,14-15,18H2,1H3. The average Bonchev–Trinajstić information content (AvgIpc) is 3.45. The van der Waals surface area contributed by atoms with E-state index in [1.54, 1.807) is 35.0 Å². The summed E-state index contributed by atoms with van der Waals surface area (Å²) in [6.07, 6.45) is 4.19. The Balaban J connectivity index is 1.27. The molecule has 0 aliphatic carbocycles. The normalized spacial score (nSPS) is 12.7. The molecule has 7 heteroatoms. The maximum absolute atomic E-state index is 13.1. The fraction of sp³-hybridized carbons (Fsp3) is 0.143. The van der Waals surface area contributed by atoms with Crippen LogP contribution in [0.1, 0.15) is 42.2 Å². The molecule has 0 saturated carbocycles. The number of fused-ring (bicyclic) bond motifs is 1. The molecular weight excluding hydrogens is 440 g/mol. The first-order valence-corrected chi connectivity index (χ1v) is 11.4. The first kappa shape index (κ1) is 22.3. The third kappa shape index (κ3) is 4.48. The number of carbonyl (C=O) groups is 3. The molecule has 3 aromatic carbocycles. The van der Waals surface area contributed by atoms with Gasteiger partial charge in [-0.05, 0) is 42.3 Å². The number of nitrogens with zero attached hydrogens (tertiary/aromatic N) is 4. The highest BCUT2D eigenvalue weighted by atomic mass is 16.2. The molecule has 174 valence electrons. The van der Waals surface area contributed by atoms with Gasteiger partial charge in [-0.15, -0.1) is 0 Å². The van der Waals surface area contributed by atoms with E-state index in [4.69, 9.17) is 0 Å². The summed E-state index contributed by atoms with van der Waals surface area (Å²) < 4.78 is 1.76. The van der Waals surface area contributed by atoms with Gasteiger partial charge in [0.1, 0.15) is 0 Å². The maximum Gasteiger partial charge on any atom is 0.261 e. The van der Waals surface area contributed by atoms with E-state index >= 15 is 0 Å². The van der Waals surface area contributed by atoms with Gasteiger partial charge >= 0.3 is 0 Å². The number of aromatic nitrogens is 2. The summed E-state index contributed by atoms with van der Waals surface area (Å²) in [4.78, 5) is 41.7. The zero-order valence-corrected chi connectivity index (χ0v) is 19.3. The second-order valence-corrected chi connectivity index (χ2v) is 8.55. The largest absolute Gasteiger partial charge is 0.337 e. The van der Waals surface area contributed by atoms with Crippen LogP contribution >= 0.6 is 0 Å². The second-order valence-electron chi connectivity index (χ2n) is 8.55. The smallest absolute Gasteiger partial charge is 0.261 e. The summed E-state index contributed by atoms with van der Waals surface area (Å²) in [7, 11) is 1.70. The fourth-order valence-corrected chi connectivity index (χ4v) is 4.24. The fourth-order valence-electron chi connectivity index (χ4n) is 4.24. The van der Waals surface area contributed by atoms with Crippen LogP contribution < -0.4 is 0 Å². The SMILES string of the molecule is CN(Cc1cnn(-c2ccccc2)c1)C(=O)c1ccc2c(c1)C(=O)N(CCc1ccccc1)C2=O. The molecule has 0 bridgehead atoms. The zero-order valence-electron chi connectivity index (χ0n) is 19.3. The highest BCUT2D eigenvalue weighted by Crippen LogP contribution is 2.25. The van der Waals surface area contributed by atoms with E-state index in [1.165, 1.54) is 11.0 Å². The Morgan fingerprint density at radius 2 is 1.54 bits per heavy atom. The third-order valence-electron chi connectivity index (χ3n) is 6.11. The number of imide groups is 1. The van der Waals surface area contributed by atoms with Crippen LogP contribution in [0.5, 0.6) is 0 Å². The van der Waals surface area contributed by atoms with Crippen LogP contribution in [0.15, 0.2) is 91.3 Å². The molecule has 0 unspecified atom stereocenters. The number of hydrogen-bond acceptors (Lipinski definition) is 4. The summed E-state index contributed by atoms with van der Waals surface area (Å²) in [5.41, 5.74) is 3.85. The topological polar surface area (TPSA) is 75.5 Å². The maximum atomic E-state index is 13.1. The van der Waals surface area contributed by atoms with E-state index in [1.807, 2.05) is 66.9 Å². The van der Waals surface area contributed by atoms with Gasteiger partial charge in [0, 0.05) is 37.5 Å². The van der Waals surface area contributed by atoms with Crippen LogP contribution in [0.3, 0.4) is 0 Å². The molecule has 4 aromatic rings. The van der Waals surface area contributed by atoms with Gasteiger partial charge in [-0.2, -0.15) is 5.10 Å². The molecule has 1 aliphatic heterocycles. The van der Waals surface area contributed by atoms with Crippen LogP contribution in [0.4, 0.5) is 0 Å². The van der Waals surface area contributed by atoms with Crippen molar-refractivity contribution < 1.29 is 14.4 Å². The predicted octanol–water partition coefficient (Wildman–Crippen LogP) is 3.98. The van der Waals surface area contributed by atoms with Crippen LogP contribution in [-0.2, 0) is 13.0 Å². The minimum absolute atomic E-state index is 0.233. The molecule has 1 aliphatic rings. The van der Waals surface area contributed by atoms with Crippen molar-refractivity contribution >= 4 is 17.7 Å². The van der Waals surface area contributed by atoms with Gasteiger partial charge in [0.25, 0.3) is 17.7 Å². The van der Waals surface area contributed by atoms with Crippen LogP contribution in [0, 0.1) is 0 Å². The third-order valence-corrected chi connectivity index (χ3v) is 6.11. The molecule has 7 nitrogen and oxygen atoms in total. The van der Waals surface area contributed by atoms with Gasteiger partial charge in [0.05, 0.1) is 23.0 Å². The first-order chi connectivity index (χ1) is 17.0. The van der Waals surface area contributed by atoms with E-state index in [2.05, 4.69) is 5.10 Å². The summed E-state index contributed by atoms with van der Waals surface area (Å²) in [6.45, 7) is 0.657. The number of amides is 3. The lowest BCUT2D eigenvalue weighted by Crippen LogP contribution is -2.31. The number of carbonyl (C=O) groups excluding carboxylic acids is 3. The molecule has 35 heavy (non-hydrogen) atoms. The van der Waals surface area contributed by atoms with Crippen LogP contribution in [0.25, 0.3) is 5.69 Å². The minimum Gasteiger partial charge on any atom is -0.337 e. The monoisotopic (exact) mass is 464 g/mol. The quantitative estimate of drug-likeness (QED) is 0.388. The highest BCUT2D eigenvalue weighted by Gasteiger charge is 2.35. The zero-order chi connectivity index (χ0) is 24.4. The Kier molecular flexibility index (Phi) is 5.97. The molecule has 3 amide bonds. The van der Waals surface area contributed by atoms with Crippen molar-refractivity contribution in [2.75, 3.05) is 13.6 Å². The summed E-state index contributed by atoms with van der Waals surface area (Å²) in [6, 6.07) is 24.2. The van der Waals surface area contributed by atoms with E-state index in [0.717, 1.165) is 16.8 Å². The summed E-state index contributed by atoms with van der Waals surface area (Å²) >= 11 is 0. The van der Waals surface area contributed by atoms with E-state index in [-0.39, 0.29) is 23.3 Å².